The molecule has 1 aromatic carbocycles. The molecule has 0 bridgehead atoms. The predicted octanol–water partition coefficient (Wildman–Crippen LogP) is 2.89. The molecule has 2 aromatic rings. The summed E-state index contributed by atoms with van der Waals surface area (Å²) in [5.41, 5.74) is 8.68. The smallest absolute Gasteiger partial charge is 0.0577 e. The van der Waals surface area contributed by atoms with Crippen LogP contribution in [0.5, 0.6) is 0 Å². The number of hydrogen-bond acceptors (Lipinski definition) is 1. The number of hydrogen-bond donors (Lipinski definition) is 1. The minimum atomic E-state index is -0.0907. The Morgan fingerprint density at radius 2 is 2.00 bits per heavy atom. The van der Waals surface area contributed by atoms with Crippen molar-refractivity contribution < 1.29 is 0 Å². The maximum absolute atomic E-state index is 6.28. The van der Waals surface area contributed by atoms with E-state index in [4.69, 9.17) is 5.73 Å². The summed E-state index contributed by atoms with van der Waals surface area (Å²) in [6.07, 6.45) is 2.19. The first-order valence-electron chi connectivity index (χ1n) is 5.16. The number of para-hydroxylation sites is 1. The third-order valence-electron chi connectivity index (χ3n) is 3.31. The molecule has 1 aliphatic rings. The monoisotopic (exact) mass is 264 g/mol. The third-order valence-corrected chi connectivity index (χ3v) is 4.11. The molecule has 3 heteroatoms. The van der Waals surface area contributed by atoms with Gasteiger partial charge in [0, 0.05) is 22.4 Å². The standard InChI is InChI=1S/C12H13BrN2/c1-15-9-5-3-2-4-8(9)10(13)11(15)12(14)6-7-12/h2-5H,6-7,14H2,1H3. The summed E-state index contributed by atoms with van der Waals surface area (Å²) in [6.45, 7) is 0. The largest absolute Gasteiger partial charge is 0.345 e. The van der Waals surface area contributed by atoms with Crippen molar-refractivity contribution in [1.29, 1.82) is 0 Å². The summed E-state index contributed by atoms with van der Waals surface area (Å²) in [6, 6.07) is 8.39. The molecule has 0 unspecified atom stereocenters. The van der Waals surface area contributed by atoms with E-state index < -0.39 is 0 Å². The zero-order valence-electron chi connectivity index (χ0n) is 8.63. The van der Waals surface area contributed by atoms with Gasteiger partial charge in [0.15, 0.2) is 0 Å². The zero-order valence-corrected chi connectivity index (χ0v) is 10.2. The van der Waals surface area contributed by atoms with Crippen LogP contribution < -0.4 is 5.73 Å². The SMILES string of the molecule is Cn1c(C2(N)CC2)c(Br)c2ccccc21. The van der Waals surface area contributed by atoms with Crippen molar-refractivity contribution in [3.63, 3.8) is 0 Å². The minimum Gasteiger partial charge on any atom is -0.345 e. The normalized spacial score (nSPS) is 18.3. The molecule has 2 N–H and O–H groups in total. The highest BCUT2D eigenvalue weighted by atomic mass is 79.9. The summed E-state index contributed by atoms with van der Waals surface area (Å²) < 4.78 is 3.38. The van der Waals surface area contributed by atoms with Gasteiger partial charge in [0.25, 0.3) is 0 Å². The molecule has 1 aliphatic carbocycles. The van der Waals surface area contributed by atoms with E-state index in [-0.39, 0.29) is 5.54 Å². The van der Waals surface area contributed by atoms with Crippen molar-refractivity contribution in [3.8, 4) is 0 Å². The summed E-state index contributed by atoms with van der Waals surface area (Å²) in [4.78, 5) is 0. The number of benzene rings is 1. The van der Waals surface area contributed by atoms with E-state index in [2.05, 4.69) is 51.8 Å². The van der Waals surface area contributed by atoms with Gasteiger partial charge in [-0.2, -0.15) is 0 Å². The highest BCUT2D eigenvalue weighted by Crippen LogP contribution is 2.48. The molecule has 0 spiro atoms. The van der Waals surface area contributed by atoms with Crippen molar-refractivity contribution in [1.82, 2.24) is 4.57 Å². The minimum absolute atomic E-state index is 0.0907. The van der Waals surface area contributed by atoms with E-state index >= 15 is 0 Å². The van der Waals surface area contributed by atoms with Crippen LogP contribution in [0.1, 0.15) is 18.5 Å². The van der Waals surface area contributed by atoms with E-state index in [0.717, 1.165) is 12.8 Å². The Kier molecular flexibility index (Phi) is 1.80. The summed E-state index contributed by atoms with van der Waals surface area (Å²) >= 11 is 3.68. The maximum atomic E-state index is 6.28. The van der Waals surface area contributed by atoms with Gasteiger partial charge in [0.1, 0.15) is 0 Å². The summed E-state index contributed by atoms with van der Waals surface area (Å²) in [7, 11) is 2.09. The fourth-order valence-electron chi connectivity index (χ4n) is 2.27. The number of fused-ring (bicyclic) bond motifs is 1. The summed E-state index contributed by atoms with van der Waals surface area (Å²) in [5, 5.41) is 1.26. The Morgan fingerprint density at radius 3 is 2.60 bits per heavy atom. The van der Waals surface area contributed by atoms with Crippen LogP contribution >= 0.6 is 15.9 Å². The van der Waals surface area contributed by atoms with Crippen LogP contribution in [0.3, 0.4) is 0 Å². The Hall–Kier alpha value is -0.800. The van der Waals surface area contributed by atoms with E-state index in [1.54, 1.807) is 0 Å². The molecule has 1 fully saturated rings. The van der Waals surface area contributed by atoms with Gasteiger partial charge in [0.2, 0.25) is 0 Å². The number of aryl methyl sites for hydroxylation is 1. The topological polar surface area (TPSA) is 30.9 Å². The number of aromatic nitrogens is 1. The highest BCUT2D eigenvalue weighted by molar-refractivity contribution is 9.10. The molecule has 15 heavy (non-hydrogen) atoms. The molecule has 78 valence electrons. The lowest BCUT2D eigenvalue weighted by Gasteiger charge is -2.11. The molecule has 0 radical (unpaired) electrons. The highest BCUT2D eigenvalue weighted by Gasteiger charge is 2.44. The number of rotatable bonds is 1. The zero-order chi connectivity index (χ0) is 10.6. The average Bonchev–Trinajstić information content (AvgIpc) is 2.91. The molecule has 2 nitrogen and oxygen atoms in total. The van der Waals surface area contributed by atoms with Crippen LogP contribution in [0.15, 0.2) is 28.7 Å². The Balaban J connectivity index is 2.39. The molecule has 1 aromatic heterocycles. The molecule has 0 atom stereocenters. The lowest BCUT2D eigenvalue weighted by atomic mass is 10.2. The molecule has 0 aliphatic heterocycles. The Bertz CT molecular complexity index is 499. The third kappa shape index (κ3) is 1.20. The first-order chi connectivity index (χ1) is 7.13. The van der Waals surface area contributed by atoms with E-state index in [0.29, 0.717) is 0 Å². The molecule has 0 amide bonds. The summed E-state index contributed by atoms with van der Waals surface area (Å²) in [5.74, 6) is 0. The van der Waals surface area contributed by atoms with E-state index in [9.17, 15) is 0 Å². The first kappa shape index (κ1) is 9.43. The number of nitrogens with two attached hydrogens (primary N) is 1. The van der Waals surface area contributed by atoms with Gasteiger partial charge in [-0.15, -0.1) is 0 Å². The van der Waals surface area contributed by atoms with Crippen LogP contribution in [0, 0.1) is 0 Å². The average molecular weight is 265 g/mol. The van der Waals surface area contributed by atoms with Crippen LogP contribution in [-0.4, -0.2) is 4.57 Å². The van der Waals surface area contributed by atoms with E-state index in [1.165, 1.54) is 21.1 Å². The van der Waals surface area contributed by atoms with Crippen molar-refractivity contribution in [2.75, 3.05) is 0 Å². The lowest BCUT2D eigenvalue weighted by molar-refractivity contribution is 0.663. The van der Waals surface area contributed by atoms with Crippen LogP contribution in [0.2, 0.25) is 0 Å². The fraction of sp³-hybridized carbons (Fsp3) is 0.333. The fourth-order valence-corrected chi connectivity index (χ4v) is 3.27. The molecule has 0 saturated heterocycles. The molecule has 1 saturated carbocycles. The van der Waals surface area contributed by atoms with Gasteiger partial charge in [0.05, 0.1) is 11.2 Å². The quantitative estimate of drug-likeness (QED) is 0.844. The predicted molar refractivity (Wildman–Crippen MR) is 65.7 cm³/mol. The first-order valence-corrected chi connectivity index (χ1v) is 5.95. The van der Waals surface area contributed by atoms with Gasteiger partial charge in [-0.05, 0) is 34.8 Å². The van der Waals surface area contributed by atoms with Crippen molar-refractivity contribution in [3.05, 3.63) is 34.4 Å². The van der Waals surface area contributed by atoms with Crippen LogP contribution in [0.25, 0.3) is 10.9 Å². The molecular weight excluding hydrogens is 252 g/mol. The van der Waals surface area contributed by atoms with Gasteiger partial charge in [-0.25, -0.2) is 0 Å². The maximum Gasteiger partial charge on any atom is 0.0577 e. The second-order valence-electron chi connectivity index (χ2n) is 4.39. The number of nitrogens with zero attached hydrogens (tertiary/aromatic N) is 1. The second-order valence-corrected chi connectivity index (χ2v) is 5.19. The second kappa shape index (κ2) is 2.86. The van der Waals surface area contributed by atoms with E-state index in [1.807, 2.05) is 0 Å². The number of halogens is 1. The molecule has 3 rings (SSSR count). The van der Waals surface area contributed by atoms with Gasteiger partial charge in [-0.1, -0.05) is 18.2 Å². The van der Waals surface area contributed by atoms with Crippen molar-refractivity contribution in [2.45, 2.75) is 18.4 Å². The van der Waals surface area contributed by atoms with Crippen molar-refractivity contribution >= 4 is 26.8 Å². The van der Waals surface area contributed by atoms with Gasteiger partial charge >= 0.3 is 0 Å². The Labute approximate surface area is 97.2 Å². The lowest BCUT2D eigenvalue weighted by Crippen LogP contribution is -2.22. The Morgan fingerprint density at radius 1 is 1.33 bits per heavy atom. The van der Waals surface area contributed by atoms with Gasteiger partial charge in [-0.3, -0.25) is 0 Å². The van der Waals surface area contributed by atoms with Crippen LogP contribution in [-0.2, 0) is 12.6 Å². The van der Waals surface area contributed by atoms with Crippen LogP contribution in [0.4, 0.5) is 0 Å². The van der Waals surface area contributed by atoms with Crippen molar-refractivity contribution in [2.24, 2.45) is 12.8 Å². The van der Waals surface area contributed by atoms with Gasteiger partial charge < -0.3 is 10.3 Å². The molecular formula is C12H13BrN2. The molecule has 1 heterocycles.